The zero-order chi connectivity index (χ0) is 9.94. The van der Waals surface area contributed by atoms with E-state index in [0.717, 1.165) is 26.1 Å². The van der Waals surface area contributed by atoms with Crippen LogP contribution in [-0.2, 0) is 0 Å². The Labute approximate surface area is 82.5 Å². The third kappa shape index (κ3) is 9.80. The quantitative estimate of drug-likeness (QED) is 0.466. The van der Waals surface area contributed by atoms with Crippen molar-refractivity contribution in [2.24, 2.45) is 5.73 Å². The Morgan fingerprint density at radius 3 is 2.54 bits per heavy atom. The van der Waals surface area contributed by atoms with Crippen LogP contribution < -0.4 is 16.4 Å². The summed E-state index contributed by atoms with van der Waals surface area (Å²) < 4.78 is 0. The maximum Gasteiger partial charge on any atom is 0.00387 e. The van der Waals surface area contributed by atoms with Gasteiger partial charge in [0.2, 0.25) is 0 Å². The molecule has 0 saturated heterocycles. The predicted molar refractivity (Wildman–Crippen MR) is 58.9 cm³/mol. The van der Waals surface area contributed by atoms with Gasteiger partial charge in [-0.05, 0) is 52.9 Å². The van der Waals surface area contributed by atoms with Crippen molar-refractivity contribution in [3.8, 4) is 0 Å². The Morgan fingerprint density at radius 1 is 1.15 bits per heavy atom. The van der Waals surface area contributed by atoms with Crippen molar-refractivity contribution in [1.82, 2.24) is 10.6 Å². The van der Waals surface area contributed by atoms with E-state index >= 15 is 0 Å². The molecule has 0 rings (SSSR count). The topological polar surface area (TPSA) is 50.1 Å². The van der Waals surface area contributed by atoms with Gasteiger partial charge in [0.25, 0.3) is 0 Å². The summed E-state index contributed by atoms with van der Waals surface area (Å²) in [4.78, 5) is 0. The summed E-state index contributed by atoms with van der Waals surface area (Å²) in [6, 6.07) is 0.642. The van der Waals surface area contributed by atoms with Gasteiger partial charge in [0.1, 0.15) is 0 Å². The SMILES string of the molecule is CNCCCNC(C)CCCCN. The summed E-state index contributed by atoms with van der Waals surface area (Å²) in [7, 11) is 1.99. The summed E-state index contributed by atoms with van der Waals surface area (Å²) in [5.74, 6) is 0. The first-order valence-corrected chi connectivity index (χ1v) is 5.39. The molecule has 0 fully saturated rings. The number of rotatable bonds is 9. The lowest BCUT2D eigenvalue weighted by molar-refractivity contribution is 0.483. The molecule has 0 radical (unpaired) electrons. The van der Waals surface area contributed by atoms with E-state index in [1.54, 1.807) is 0 Å². The van der Waals surface area contributed by atoms with Crippen molar-refractivity contribution >= 4 is 0 Å². The summed E-state index contributed by atoms with van der Waals surface area (Å²) in [5.41, 5.74) is 5.43. The highest BCUT2D eigenvalue weighted by Crippen LogP contribution is 1.98. The maximum atomic E-state index is 5.43. The minimum absolute atomic E-state index is 0.642. The third-order valence-electron chi connectivity index (χ3n) is 2.19. The second-order valence-electron chi connectivity index (χ2n) is 3.60. The van der Waals surface area contributed by atoms with Gasteiger partial charge >= 0.3 is 0 Å². The zero-order valence-corrected chi connectivity index (χ0v) is 9.10. The summed E-state index contributed by atoms with van der Waals surface area (Å²) >= 11 is 0. The maximum absolute atomic E-state index is 5.43. The Hall–Kier alpha value is -0.120. The second kappa shape index (κ2) is 9.96. The molecule has 0 aliphatic heterocycles. The highest BCUT2D eigenvalue weighted by Gasteiger charge is 1.99. The first kappa shape index (κ1) is 12.9. The summed E-state index contributed by atoms with van der Waals surface area (Å²) in [5, 5.41) is 6.63. The molecule has 0 aromatic carbocycles. The van der Waals surface area contributed by atoms with Gasteiger partial charge in [-0.2, -0.15) is 0 Å². The Morgan fingerprint density at radius 2 is 1.92 bits per heavy atom. The van der Waals surface area contributed by atoms with E-state index in [-0.39, 0.29) is 0 Å². The molecule has 3 nitrogen and oxygen atoms in total. The standard InChI is InChI=1S/C10H25N3/c1-10(6-3-4-7-11)13-9-5-8-12-2/h10,12-13H,3-9,11H2,1-2H3. The molecule has 1 unspecified atom stereocenters. The molecule has 0 spiro atoms. The van der Waals surface area contributed by atoms with Crippen molar-refractivity contribution in [3.63, 3.8) is 0 Å². The Balaban J connectivity index is 3.05. The molecule has 0 aliphatic rings. The number of unbranched alkanes of at least 4 members (excludes halogenated alkanes) is 1. The van der Waals surface area contributed by atoms with Crippen LogP contribution in [-0.4, -0.2) is 32.7 Å². The minimum atomic E-state index is 0.642. The van der Waals surface area contributed by atoms with E-state index in [1.165, 1.54) is 19.3 Å². The number of nitrogens with two attached hydrogens (primary N) is 1. The lowest BCUT2D eigenvalue weighted by Crippen LogP contribution is -2.28. The summed E-state index contributed by atoms with van der Waals surface area (Å²) in [6.07, 6.45) is 4.85. The molecule has 0 aromatic heterocycles. The monoisotopic (exact) mass is 187 g/mol. The molecule has 0 saturated carbocycles. The minimum Gasteiger partial charge on any atom is -0.330 e. The van der Waals surface area contributed by atoms with Crippen LogP contribution in [0.3, 0.4) is 0 Å². The van der Waals surface area contributed by atoms with E-state index in [0.29, 0.717) is 6.04 Å². The van der Waals surface area contributed by atoms with Gasteiger partial charge in [0.05, 0.1) is 0 Å². The van der Waals surface area contributed by atoms with E-state index < -0.39 is 0 Å². The number of hydrogen-bond donors (Lipinski definition) is 3. The van der Waals surface area contributed by atoms with Gasteiger partial charge in [-0.15, -0.1) is 0 Å². The Bertz CT molecular complexity index is 96.2. The van der Waals surface area contributed by atoms with Crippen molar-refractivity contribution in [1.29, 1.82) is 0 Å². The molecule has 1 atom stereocenters. The molecule has 0 amide bonds. The number of nitrogens with one attached hydrogen (secondary N) is 2. The number of hydrogen-bond acceptors (Lipinski definition) is 3. The van der Waals surface area contributed by atoms with E-state index in [1.807, 2.05) is 7.05 Å². The van der Waals surface area contributed by atoms with Crippen molar-refractivity contribution in [3.05, 3.63) is 0 Å². The lowest BCUT2D eigenvalue weighted by Gasteiger charge is -2.12. The molecular weight excluding hydrogens is 162 g/mol. The second-order valence-corrected chi connectivity index (χ2v) is 3.60. The van der Waals surface area contributed by atoms with Crippen LogP contribution in [0.15, 0.2) is 0 Å². The van der Waals surface area contributed by atoms with Crippen LogP contribution in [0.2, 0.25) is 0 Å². The predicted octanol–water partition coefficient (Wildman–Crippen LogP) is 0.703. The molecule has 4 N–H and O–H groups in total. The van der Waals surface area contributed by atoms with Crippen LogP contribution in [0.25, 0.3) is 0 Å². The highest BCUT2D eigenvalue weighted by atomic mass is 14.9. The molecule has 80 valence electrons. The van der Waals surface area contributed by atoms with Gasteiger partial charge in [-0.3, -0.25) is 0 Å². The average Bonchev–Trinajstić information content (AvgIpc) is 2.13. The van der Waals surface area contributed by atoms with Crippen molar-refractivity contribution in [2.75, 3.05) is 26.7 Å². The fourth-order valence-electron chi connectivity index (χ4n) is 1.31. The molecule has 0 bridgehead atoms. The smallest absolute Gasteiger partial charge is 0.00387 e. The highest BCUT2D eigenvalue weighted by molar-refractivity contribution is 4.61. The largest absolute Gasteiger partial charge is 0.330 e. The zero-order valence-electron chi connectivity index (χ0n) is 9.10. The van der Waals surface area contributed by atoms with Gasteiger partial charge < -0.3 is 16.4 Å². The Kier molecular flexibility index (Phi) is 9.87. The van der Waals surface area contributed by atoms with Crippen molar-refractivity contribution < 1.29 is 0 Å². The van der Waals surface area contributed by atoms with Gasteiger partial charge in [-0.1, -0.05) is 6.42 Å². The first-order chi connectivity index (χ1) is 6.31. The van der Waals surface area contributed by atoms with Crippen LogP contribution in [0.4, 0.5) is 0 Å². The fraction of sp³-hybridized carbons (Fsp3) is 1.00. The van der Waals surface area contributed by atoms with Crippen LogP contribution >= 0.6 is 0 Å². The first-order valence-electron chi connectivity index (χ1n) is 5.39. The van der Waals surface area contributed by atoms with E-state index in [2.05, 4.69) is 17.6 Å². The lowest BCUT2D eigenvalue weighted by atomic mass is 10.1. The van der Waals surface area contributed by atoms with Crippen LogP contribution in [0.1, 0.15) is 32.6 Å². The fourth-order valence-corrected chi connectivity index (χ4v) is 1.31. The van der Waals surface area contributed by atoms with Gasteiger partial charge in [0.15, 0.2) is 0 Å². The molecule has 0 aliphatic carbocycles. The molecular formula is C10H25N3. The van der Waals surface area contributed by atoms with E-state index in [9.17, 15) is 0 Å². The van der Waals surface area contributed by atoms with Gasteiger partial charge in [-0.25, -0.2) is 0 Å². The molecule has 13 heavy (non-hydrogen) atoms. The van der Waals surface area contributed by atoms with Gasteiger partial charge in [0, 0.05) is 6.04 Å². The van der Waals surface area contributed by atoms with E-state index in [4.69, 9.17) is 5.73 Å². The van der Waals surface area contributed by atoms with Crippen LogP contribution in [0, 0.1) is 0 Å². The third-order valence-corrected chi connectivity index (χ3v) is 2.19. The normalized spacial score (nSPS) is 13.2. The molecule has 3 heteroatoms. The summed E-state index contributed by atoms with van der Waals surface area (Å²) in [6.45, 7) is 5.29. The molecule has 0 heterocycles. The van der Waals surface area contributed by atoms with Crippen molar-refractivity contribution in [2.45, 2.75) is 38.6 Å². The molecule has 0 aromatic rings. The average molecular weight is 187 g/mol. The van der Waals surface area contributed by atoms with Crippen LogP contribution in [0.5, 0.6) is 0 Å².